The van der Waals surface area contributed by atoms with Gasteiger partial charge in [0.2, 0.25) is 0 Å². The largest absolute Gasteiger partial charge is 0.417 e. The van der Waals surface area contributed by atoms with E-state index < -0.39 is 34.9 Å². The monoisotopic (exact) mass is 261 g/mol. The van der Waals surface area contributed by atoms with E-state index in [0.29, 0.717) is 0 Å². The Bertz CT molecular complexity index is 390. The summed E-state index contributed by atoms with van der Waals surface area (Å²) in [4.78, 5) is 0. The molecule has 0 bridgehead atoms. The van der Waals surface area contributed by atoms with Gasteiger partial charge in [-0.3, -0.25) is 0 Å². The van der Waals surface area contributed by atoms with E-state index >= 15 is 0 Å². The third kappa shape index (κ3) is 2.14. The molecule has 5 heteroatoms. The molecule has 0 nitrogen and oxygen atoms in total. The van der Waals surface area contributed by atoms with Gasteiger partial charge in [0.15, 0.2) is 0 Å². The maximum absolute atomic E-state index is 12.4. The third-order valence-corrected chi connectivity index (χ3v) is 1.70. The number of rotatable bonds is 0. The standard InChI is InChI=1S/C7H3BrClF3/c8-4-1-2-5(6(9)3-4)7(10,11)12/h1-3H/i1D,2D,3D. The van der Waals surface area contributed by atoms with Gasteiger partial charge in [-0.15, -0.1) is 0 Å². The molecule has 0 aromatic heterocycles. The summed E-state index contributed by atoms with van der Waals surface area (Å²) in [6.45, 7) is 0. The molecule has 0 radical (unpaired) electrons. The van der Waals surface area contributed by atoms with Crippen LogP contribution in [-0.2, 0) is 6.18 Å². The lowest BCUT2D eigenvalue weighted by Crippen LogP contribution is -2.05. The average molecular weight is 262 g/mol. The van der Waals surface area contributed by atoms with Crippen molar-refractivity contribution in [2.24, 2.45) is 0 Å². The lowest BCUT2D eigenvalue weighted by atomic mass is 10.2. The smallest absolute Gasteiger partial charge is 0.166 e. The van der Waals surface area contributed by atoms with Crippen molar-refractivity contribution in [2.45, 2.75) is 6.18 Å². The van der Waals surface area contributed by atoms with Gasteiger partial charge in [-0.2, -0.15) is 13.2 Å². The van der Waals surface area contributed by atoms with Gasteiger partial charge in [0.1, 0.15) is 0 Å². The van der Waals surface area contributed by atoms with Crippen LogP contribution in [0.15, 0.2) is 22.6 Å². The summed E-state index contributed by atoms with van der Waals surface area (Å²) in [6.07, 6.45) is -4.83. The summed E-state index contributed by atoms with van der Waals surface area (Å²) in [5.74, 6) is 0. The van der Waals surface area contributed by atoms with Crippen molar-refractivity contribution in [1.29, 1.82) is 0 Å². The quantitative estimate of drug-likeness (QED) is 0.660. The van der Waals surface area contributed by atoms with Crippen LogP contribution in [0.25, 0.3) is 0 Å². The van der Waals surface area contributed by atoms with E-state index in [2.05, 4.69) is 15.9 Å². The molecule has 0 aliphatic rings. The molecular formula is C7H3BrClF3. The van der Waals surface area contributed by atoms with Crippen LogP contribution >= 0.6 is 27.5 Å². The maximum Gasteiger partial charge on any atom is 0.417 e. The molecule has 1 rings (SSSR count). The van der Waals surface area contributed by atoms with Crippen LogP contribution in [0.2, 0.25) is 5.02 Å². The lowest BCUT2D eigenvalue weighted by Gasteiger charge is -2.07. The van der Waals surface area contributed by atoms with E-state index in [1.807, 2.05) is 0 Å². The van der Waals surface area contributed by atoms with Crippen molar-refractivity contribution >= 4 is 27.5 Å². The van der Waals surface area contributed by atoms with Gasteiger partial charge in [-0.25, -0.2) is 0 Å². The molecule has 0 amide bonds. The molecule has 0 aliphatic heterocycles. The van der Waals surface area contributed by atoms with Crippen molar-refractivity contribution in [3.05, 3.63) is 33.2 Å². The first-order valence-corrected chi connectivity index (χ1v) is 3.87. The van der Waals surface area contributed by atoms with Crippen LogP contribution in [0.5, 0.6) is 0 Å². The first kappa shape index (κ1) is 6.27. The minimum absolute atomic E-state index is 0.217. The summed E-state index contributed by atoms with van der Waals surface area (Å²) in [5.41, 5.74) is -1.44. The third-order valence-electron chi connectivity index (χ3n) is 1.02. The Hall–Kier alpha value is -0.220. The summed E-state index contributed by atoms with van der Waals surface area (Å²) in [7, 11) is 0. The molecule has 12 heavy (non-hydrogen) atoms. The molecule has 0 saturated carbocycles. The molecule has 1 aromatic rings. The van der Waals surface area contributed by atoms with Gasteiger partial charge in [-0.1, -0.05) is 27.5 Å². The van der Waals surface area contributed by atoms with Crippen molar-refractivity contribution in [3.63, 3.8) is 0 Å². The molecule has 0 unspecified atom stereocenters. The zero-order valence-electron chi connectivity index (χ0n) is 8.39. The summed E-state index contributed by atoms with van der Waals surface area (Å²) < 4.78 is 58.6. The van der Waals surface area contributed by atoms with E-state index in [0.717, 1.165) is 0 Å². The molecule has 0 heterocycles. The minimum Gasteiger partial charge on any atom is -0.166 e. The first-order chi connectivity index (χ1) is 6.68. The van der Waals surface area contributed by atoms with Crippen molar-refractivity contribution in [2.75, 3.05) is 0 Å². The molecule has 0 aliphatic carbocycles. The Balaban J connectivity index is 3.68. The van der Waals surface area contributed by atoms with Crippen molar-refractivity contribution in [3.8, 4) is 0 Å². The SMILES string of the molecule is [2H]c1c([2H])c(C(F)(F)F)c(Cl)c([2H])c1Br. The number of hydrogen-bond acceptors (Lipinski definition) is 0. The first-order valence-electron chi connectivity index (χ1n) is 4.19. The minimum atomic E-state index is -4.83. The Morgan fingerprint density at radius 2 is 2.00 bits per heavy atom. The predicted molar refractivity (Wildman–Crippen MR) is 44.2 cm³/mol. The van der Waals surface area contributed by atoms with E-state index in [9.17, 15) is 13.2 Å². The second-order valence-electron chi connectivity index (χ2n) is 1.88. The van der Waals surface area contributed by atoms with E-state index in [1.54, 1.807) is 0 Å². The number of alkyl halides is 3. The molecule has 0 atom stereocenters. The fraction of sp³-hybridized carbons (Fsp3) is 0.143. The lowest BCUT2D eigenvalue weighted by molar-refractivity contribution is -0.137. The van der Waals surface area contributed by atoms with Crippen molar-refractivity contribution < 1.29 is 17.3 Å². The summed E-state index contributed by atoms with van der Waals surface area (Å²) >= 11 is 8.05. The second kappa shape index (κ2) is 3.26. The molecule has 0 spiro atoms. The molecule has 0 fully saturated rings. The van der Waals surface area contributed by atoms with Crippen LogP contribution in [0.4, 0.5) is 13.2 Å². The molecular weight excluding hydrogens is 256 g/mol. The van der Waals surface area contributed by atoms with Crippen LogP contribution < -0.4 is 0 Å². The zero-order valence-corrected chi connectivity index (χ0v) is 7.73. The van der Waals surface area contributed by atoms with Gasteiger partial charge in [0.05, 0.1) is 14.7 Å². The van der Waals surface area contributed by atoms with Crippen LogP contribution in [0.3, 0.4) is 0 Å². The van der Waals surface area contributed by atoms with Crippen molar-refractivity contribution in [1.82, 2.24) is 0 Å². The fourth-order valence-corrected chi connectivity index (χ4v) is 1.22. The molecule has 66 valence electrons. The molecule has 1 aromatic carbocycles. The highest BCUT2D eigenvalue weighted by atomic mass is 79.9. The Kier molecular flexibility index (Phi) is 1.70. The summed E-state index contributed by atoms with van der Waals surface area (Å²) in [5, 5.41) is -0.865. The van der Waals surface area contributed by atoms with Crippen LogP contribution in [0, 0.1) is 0 Å². The Morgan fingerprint density at radius 3 is 2.50 bits per heavy atom. The zero-order chi connectivity index (χ0) is 12.0. The van der Waals surface area contributed by atoms with Crippen LogP contribution in [-0.4, -0.2) is 0 Å². The molecule has 0 saturated heterocycles. The van der Waals surface area contributed by atoms with Gasteiger partial charge < -0.3 is 0 Å². The fourth-order valence-electron chi connectivity index (χ4n) is 0.558. The normalized spacial score (nSPS) is 15.2. The highest BCUT2D eigenvalue weighted by Crippen LogP contribution is 2.35. The second-order valence-corrected chi connectivity index (χ2v) is 3.05. The van der Waals surface area contributed by atoms with Gasteiger partial charge in [0, 0.05) is 4.47 Å². The maximum atomic E-state index is 12.4. The Morgan fingerprint density at radius 1 is 1.42 bits per heavy atom. The van der Waals surface area contributed by atoms with E-state index in [1.165, 1.54) is 0 Å². The van der Waals surface area contributed by atoms with Crippen LogP contribution in [0.1, 0.15) is 9.68 Å². The topological polar surface area (TPSA) is 0 Å². The Labute approximate surface area is 84.7 Å². The number of halogens is 5. The number of benzene rings is 1. The highest BCUT2D eigenvalue weighted by Gasteiger charge is 2.32. The van der Waals surface area contributed by atoms with Gasteiger partial charge in [0.25, 0.3) is 0 Å². The average Bonchev–Trinajstić information content (AvgIpc) is 2.09. The molecule has 0 N–H and O–H groups in total. The van der Waals surface area contributed by atoms with E-state index in [4.69, 9.17) is 15.7 Å². The number of hydrogen-bond donors (Lipinski definition) is 0. The highest BCUT2D eigenvalue weighted by molar-refractivity contribution is 9.10. The van der Waals surface area contributed by atoms with Gasteiger partial charge >= 0.3 is 6.18 Å². The van der Waals surface area contributed by atoms with E-state index in [-0.39, 0.29) is 4.47 Å². The summed E-state index contributed by atoms with van der Waals surface area (Å²) in [6, 6.07) is -2.36. The van der Waals surface area contributed by atoms with Gasteiger partial charge in [-0.05, 0) is 18.1 Å². The predicted octanol–water partition coefficient (Wildman–Crippen LogP) is 4.12.